The van der Waals surface area contributed by atoms with Crippen LogP contribution in [-0.4, -0.2) is 86.1 Å². The van der Waals surface area contributed by atoms with Gasteiger partial charge in [-0.2, -0.15) is 0 Å². The minimum absolute atomic E-state index is 0.126. The summed E-state index contributed by atoms with van der Waals surface area (Å²) in [6, 6.07) is 0. The molecule has 0 aliphatic heterocycles. The first-order valence-corrected chi connectivity index (χ1v) is 24.4. The van der Waals surface area contributed by atoms with Gasteiger partial charge in [-0.1, -0.05) is 11.8 Å². The molecule has 0 N–H and O–H groups in total. The van der Waals surface area contributed by atoms with Gasteiger partial charge in [0.1, 0.15) is 6.72 Å². The van der Waals surface area contributed by atoms with Crippen molar-refractivity contribution in [2.45, 2.75) is 69.2 Å². The Kier molecular flexibility index (Phi) is 41.4. The predicted octanol–water partition coefficient (Wildman–Crippen LogP) is 6.82. The molecule has 0 aromatic rings. The van der Waals surface area contributed by atoms with Crippen LogP contribution in [0.4, 0.5) is 0 Å². The zero-order valence-corrected chi connectivity index (χ0v) is 34.5. The van der Waals surface area contributed by atoms with Gasteiger partial charge in [-0.05, 0) is 69.2 Å². The molecule has 0 aliphatic carbocycles. The fourth-order valence-corrected chi connectivity index (χ4v) is 7.31. The van der Waals surface area contributed by atoms with E-state index in [1.165, 1.54) is 20.0 Å². The molecule has 0 radical (unpaired) electrons. The van der Waals surface area contributed by atoms with Crippen LogP contribution in [0, 0.1) is 0 Å². The molecule has 0 spiro atoms. The van der Waals surface area contributed by atoms with Gasteiger partial charge < -0.3 is 55.0 Å². The summed E-state index contributed by atoms with van der Waals surface area (Å²) in [5.41, 5.74) is 0. The molecule has 0 saturated carbocycles. The highest BCUT2D eigenvalue weighted by Crippen LogP contribution is 2.44. The van der Waals surface area contributed by atoms with Gasteiger partial charge in [-0.15, -0.1) is 0 Å². The summed E-state index contributed by atoms with van der Waals surface area (Å²) >= 11 is 4.45. The second-order valence-electron chi connectivity index (χ2n) is 7.39. The third-order valence-electron chi connectivity index (χ3n) is 3.33. The molecule has 0 rings (SSSR count). The van der Waals surface area contributed by atoms with Crippen molar-refractivity contribution in [2.75, 3.05) is 86.1 Å². The van der Waals surface area contributed by atoms with E-state index in [1.807, 2.05) is 0 Å². The van der Waals surface area contributed by atoms with Crippen LogP contribution in [0.25, 0.3) is 0 Å². The maximum atomic E-state index is 11.0. The Morgan fingerprint density at radius 3 is 0.667 bits per heavy atom. The lowest BCUT2D eigenvalue weighted by molar-refractivity contribution is -0.224. The number of phosphoric ester groups is 1. The van der Waals surface area contributed by atoms with Crippen LogP contribution in [0.1, 0.15) is 69.2 Å². The smallest absolute Gasteiger partial charge is 0.327 e. The maximum absolute atomic E-state index is 11.0. The molecule has 16 nitrogen and oxygen atoms in total. The molecule has 45 heavy (non-hydrogen) atoms. The molecule has 0 bridgehead atoms. The molecule has 0 aliphatic rings. The van der Waals surface area contributed by atoms with E-state index in [4.69, 9.17) is 27.1 Å². The van der Waals surface area contributed by atoms with E-state index in [1.54, 1.807) is 69.2 Å². The molecule has 0 aromatic heterocycles. The number of hydrogen-bond donors (Lipinski definition) is 0. The van der Waals surface area contributed by atoms with E-state index in [-0.39, 0.29) is 13.2 Å². The predicted molar refractivity (Wildman–Crippen MR) is 179 cm³/mol. The minimum Gasteiger partial charge on any atom is -0.780 e. The Labute approximate surface area is 277 Å². The lowest BCUT2D eigenvalue weighted by Gasteiger charge is -2.25. The van der Waals surface area contributed by atoms with Crippen molar-refractivity contribution in [3.8, 4) is 0 Å². The highest BCUT2D eigenvalue weighted by atomic mass is 32.5. The van der Waals surface area contributed by atoms with Crippen LogP contribution in [-0.2, 0) is 75.3 Å². The van der Waals surface area contributed by atoms with Crippen LogP contribution in [0.15, 0.2) is 0 Å². The fraction of sp³-hybridized carbons (Fsp3) is 1.00. The van der Waals surface area contributed by atoms with E-state index in [2.05, 4.69) is 29.9 Å². The summed E-state index contributed by atoms with van der Waals surface area (Å²) in [5.74, 6) is 0. The van der Waals surface area contributed by atoms with Crippen molar-refractivity contribution in [1.82, 2.24) is 0 Å². The van der Waals surface area contributed by atoms with E-state index in [9.17, 15) is 28.0 Å². The molecular formula is C23H59O16P5S-2. The van der Waals surface area contributed by atoms with Crippen molar-refractivity contribution in [3.63, 3.8) is 0 Å². The molecule has 0 unspecified atom stereocenters. The maximum Gasteiger partial charge on any atom is 0.327 e. The van der Waals surface area contributed by atoms with Gasteiger partial charge in [0.15, 0.2) is 0 Å². The van der Waals surface area contributed by atoms with Crippen molar-refractivity contribution >= 4 is 49.1 Å². The average Bonchev–Trinajstić information content (AvgIpc) is 2.85. The fourth-order valence-electron chi connectivity index (χ4n) is 2.23. The zero-order chi connectivity index (χ0) is 36.6. The van der Waals surface area contributed by atoms with Gasteiger partial charge in [-0.25, -0.2) is 0 Å². The van der Waals surface area contributed by atoms with Gasteiger partial charge in [0, 0.05) is 20.0 Å². The third-order valence-corrected chi connectivity index (χ3v) is 10.6. The highest BCUT2D eigenvalue weighted by molar-refractivity contribution is 8.06. The largest absolute Gasteiger partial charge is 0.780 e. The van der Waals surface area contributed by atoms with Gasteiger partial charge in [-0.3, -0.25) is 18.3 Å². The van der Waals surface area contributed by atoms with E-state index in [0.717, 1.165) is 0 Å². The summed E-state index contributed by atoms with van der Waals surface area (Å²) in [4.78, 5) is 21.2. The molecule has 0 aromatic carbocycles. The van der Waals surface area contributed by atoms with E-state index >= 15 is 0 Å². The number of phosphoric acid groups is 1. The number of hydrogen-bond acceptors (Lipinski definition) is 17. The normalized spacial score (nSPS) is 11.9. The summed E-state index contributed by atoms with van der Waals surface area (Å²) in [6.07, 6.45) is 0. The standard InChI is InChI=1S/3C5H13O3P.C4H11O4P.C4H11O3PS/c3*1-4-7-9(3,6)8-5-2;1-3-7-9(5,6)8-4-2;1-3-6-8(5,9)7-4-2/h3*4-5H2,1-3H3;3-4H2,1-2H3,(H,5,6);3-4H2,1-2H3,(H,5,9)/p-2. The Balaban J connectivity index is -0.000000148. The Bertz CT molecular complexity index is 683. The molecular weight excluding hydrogens is 719 g/mol. The van der Waals surface area contributed by atoms with Gasteiger partial charge in [0.05, 0.1) is 66.1 Å². The molecule has 0 heterocycles. The quantitative estimate of drug-likeness (QED) is 0.116. The molecule has 0 amide bonds. The third kappa shape index (κ3) is 49.6. The first-order valence-electron chi connectivity index (χ1n) is 14.4. The van der Waals surface area contributed by atoms with Crippen LogP contribution < -0.4 is 9.79 Å². The molecule has 0 saturated heterocycles. The van der Waals surface area contributed by atoms with Crippen molar-refractivity contribution in [1.29, 1.82) is 0 Å². The average molecular weight is 779 g/mol. The first kappa shape index (κ1) is 55.5. The Morgan fingerprint density at radius 1 is 0.378 bits per heavy atom. The van der Waals surface area contributed by atoms with Crippen molar-refractivity contribution < 1.29 is 73.3 Å². The van der Waals surface area contributed by atoms with E-state index < -0.39 is 37.3 Å². The van der Waals surface area contributed by atoms with Crippen LogP contribution in [0.2, 0.25) is 0 Å². The summed E-state index contributed by atoms with van der Waals surface area (Å²) in [6.45, 7) is 22.2. The van der Waals surface area contributed by atoms with Crippen molar-refractivity contribution in [3.05, 3.63) is 0 Å². The first-order chi connectivity index (χ1) is 20.6. The molecule has 280 valence electrons. The van der Waals surface area contributed by atoms with Crippen LogP contribution in [0.3, 0.4) is 0 Å². The van der Waals surface area contributed by atoms with Gasteiger partial charge in [0.25, 0.3) is 7.82 Å². The summed E-state index contributed by atoms with van der Waals surface area (Å²) in [5, 5.41) is 0. The van der Waals surface area contributed by atoms with E-state index in [0.29, 0.717) is 52.9 Å². The number of rotatable bonds is 20. The highest BCUT2D eigenvalue weighted by Gasteiger charge is 2.14. The lowest BCUT2D eigenvalue weighted by atomic mass is 10.9. The monoisotopic (exact) mass is 778 g/mol. The molecule has 22 heteroatoms. The topological polar surface area (TPSA) is 207 Å². The minimum atomic E-state index is -3.94. The second-order valence-corrected chi connectivity index (χ2v) is 17.7. The summed E-state index contributed by atoms with van der Waals surface area (Å²) < 4.78 is 89.9. The molecule has 0 fully saturated rings. The van der Waals surface area contributed by atoms with Gasteiger partial charge >= 0.3 is 22.8 Å². The van der Waals surface area contributed by atoms with Crippen molar-refractivity contribution in [2.24, 2.45) is 0 Å². The summed E-state index contributed by atoms with van der Waals surface area (Å²) in [7, 11) is -12.0. The van der Waals surface area contributed by atoms with Crippen LogP contribution in [0.5, 0.6) is 0 Å². The lowest BCUT2D eigenvalue weighted by Crippen LogP contribution is -2.07. The second kappa shape index (κ2) is 33.6. The SMILES string of the molecule is CCOP(=O)([O-])OCC.CCOP(C)(=O)OCC.CCOP(C)(=O)OCC.CCOP(C)(=O)OCC.CCOP([O-])(=S)OCC. The van der Waals surface area contributed by atoms with Crippen LogP contribution >= 0.6 is 37.3 Å². The zero-order valence-electron chi connectivity index (χ0n) is 29.2. The Hall–Kier alpha value is 1.09. The van der Waals surface area contributed by atoms with Gasteiger partial charge in [0.2, 0.25) is 0 Å². The molecule has 0 atom stereocenters. The Morgan fingerprint density at radius 2 is 0.533 bits per heavy atom.